The highest BCUT2D eigenvalue weighted by molar-refractivity contribution is 9.10. The number of aromatic nitrogens is 5. The van der Waals surface area contributed by atoms with Crippen LogP contribution in [0.25, 0.3) is 0 Å². The highest BCUT2D eigenvalue weighted by Gasteiger charge is 2.18. The van der Waals surface area contributed by atoms with Gasteiger partial charge in [-0.15, -0.1) is 5.10 Å². The fourth-order valence-corrected chi connectivity index (χ4v) is 2.53. The van der Waals surface area contributed by atoms with Crippen LogP contribution < -0.4 is 5.32 Å². The first-order valence-corrected chi connectivity index (χ1v) is 8.37. The van der Waals surface area contributed by atoms with Crippen molar-refractivity contribution in [3.05, 3.63) is 58.3 Å². The monoisotopic (exact) mass is 406 g/mol. The van der Waals surface area contributed by atoms with E-state index in [1.54, 1.807) is 29.9 Å². The lowest BCUT2D eigenvalue weighted by molar-refractivity contribution is -0.119. The Morgan fingerprint density at radius 2 is 2.20 bits per heavy atom. The minimum Gasteiger partial charge on any atom is -0.291 e. The summed E-state index contributed by atoms with van der Waals surface area (Å²) in [6.07, 6.45) is 3.23. The number of halogens is 2. The Morgan fingerprint density at radius 1 is 1.40 bits per heavy atom. The molecule has 1 amide bonds. The molecule has 0 aliphatic rings. The molecular formula is C16H16BrFN6O. The van der Waals surface area contributed by atoms with E-state index in [1.165, 1.54) is 23.1 Å². The number of carbonyl (C=O) groups excluding carboxylic acids is 1. The Labute approximate surface area is 152 Å². The van der Waals surface area contributed by atoms with Crippen LogP contribution in [0.15, 0.2) is 41.3 Å². The third-order valence-electron chi connectivity index (χ3n) is 3.64. The second kappa shape index (κ2) is 7.14. The van der Waals surface area contributed by atoms with Crippen molar-refractivity contribution in [3.63, 3.8) is 0 Å². The SMILES string of the molecule is Cc1nn(C(C)C(=O)Nc2ncn(Cc3cccc(F)c3)n2)cc1Br. The molecule has 0 spiro atoms. The Bertz CT molecular complexity index is 886. The molecule has 7 nitrogen and oxygen atoms in total. The van der Waals surface area contributed by atoms with Crippen LogP contribution in [-0.2, 0) is 11.3 Å². The van der Waals surface area contributed by atoms with Crippen molar-refractivity contribution < 1.29 is 9.18 Å². The predicted molar refractivity (Wildman–Crippen MR) is 93.5 cm³/mol. The second-order valence-electron chi connectivity index (χ2n) is 5.60. The van der Waals surface area contributed by atoms with Crippen molar-refractivity contribution >= 4 is 27.8 Å². The molecule has 9 heteroatoms. The average Bonchev–Trinajstić information content (AvgIpc) is 3.13. The lowest BCUT2D eigenvalue weighted by Crippen LogP contribution is -2.24. The Kier molecular flexibility index (Phi) is 4.93. The van der Waals surface area contributed by atoms with Crippen LogP contribution in [0, 0.1) is 12.7 Å². The summed E-state index contributed by atoms with van der Waals surface area (Å²) < 4.78 is 17.2. The first kappa shape index (κ1) is 17.3. The molecule has 3 rings (SSSR count). The molecule has 2 aromatic heterocycles. The number of nitrogens with zero attached hydrogens (tertiary/aromatic N) is 5. The molecule has 25 heavy (non-hydrogen) atoms. The van der Waals surface area contributed by atoms with Crippen LogP contribution in [-0.4, -0.2) is 30.5 Å². The zero-order valence-corrected chi connectivity index (χ0v) is 15.2. The summed E-state index contributed by atoms with van der Waals surface area (Å²) >= 11 is 3.37. The highest BCUT2D eigenvalue weighted by atomic mass is 79.9. The lowest BCUT2D eigenvalue weighted by atomic mass is 10.2. The number of anilines is 1. The van der Waals surface area contributed by atoms with Crippen LogP contribution in [0.2, 0.25) is 0 Å². The average molecular weight is 407 g/mol. The van der Waals surface area contributed by atoms with Gasteiger partial charge < -0.3 is 0 Å². The first-order valence-electron chi connectivity index (χ1n) is 7.58. The maximum absolute atomic E-state index is 13.2. The van der Waals surface area contributed by atoms with E-state index in [0.29, 0.717) is 6.54 Å². The van der Waals surface area contributed by atoms with E-state index >= 15 is 0 Å². The van der Waals surface area contributed by atoms with Gasteiger partial charge in [0.25, 0.3) is 5.91 Å². The maximum Gasteiger partial charge on any atom is 0.251 e. The number of carbonyl (C=O) groups is 1. The topological polar surface area (TPSA) is 77.6 Å². The Hall–Kier alpha value is -2.55. The number of benzene rings is 1. The first-order chi connectivity index (χ1) is 11.9. The van der Waals surface area contributed by atoms with Crippen LogP contribution in [0.3, 0.4) is 0 Å². The van der Waals surface area contributed by atoms with E-state index in [0.717, 1.165) is 15.7 Å². The van der Waals surface area contributed by atoms with Gasteiger partial charge in [-0.25, -0.2) is 14.1 Å². The van der Waals surface area contributed by atoms with Gasteiger partial charge in [0, 0.05) is 6.20 Å². The van der Waals surface area contributed by atoms with Gasteiger partial charge in [0.2, 0.25) is 5.95 Å². The largest absolute Gasteiger partial charge is 0.291 e. The van der Waals surface area contributed by atoms with Crippen molar-refractivity contribution in [2.24, 2.45) is 0 Å². The molecule has 0 saturated heterocycles. The van der Waals surface area contributed by atoms with Crippen molar-refractivity contribution in [1.29, 1.82) is 0 Å². The smallest absolute Gasteiger partial charge is 0.251 e. The van der Waals surface area contributed by atoms with Crippen LogP contribution in [0.5, 0.6) is 0 Å². The van der Waals surface area contributed by atoms with E-state index in [4.69, 9.17) is 0 Å². The van der Waals surface area contributed by atoms with Gasteiger partial charge in [0.05, 0.1) is 16.7 Å². The van der Waals surface area contributed by atoms with E-state index < -0.39 is 6.04 Å². The van der Waals surface area contributed by atoms with Gasteiger partial charge in [-0.3, -0.25) is 14.8 Å². The van der Waals surface area contributed by atoms with Crippen LogP contribution >= 0.6 is 15.9 Å². The molecule has 0 bridgehead atoms. The number of rotatable bonds is 5. The second-order valence-corrected chi connectivity index (χ2v) is 6.46. The fraction of sp³-hybridized carbons (Fsp3) is 0.250. The summed E-state index contributed by atoms with van der Waals surface area (Å²) in [5.41, 5.74) is 1.56. The van der Waals surface area contributed by atoms with Gasteiger partial charge in [-0.1, -0.05) is 12.1 Å². The van der Waals surface area contributed by atoms with Crippen LogP contribution in [0.1, 0.15) is 24.2 Å². The number of hydrogen-bond acceptors (Lipinski definition) is 4. The van der Waals surface area contributed by atoms with E-state index in [9.17, 15) is 9.18 Å². The molecule has 0 saturated carbocycles. The molecule has 1 N–H and O–H groups in total. The molecule has 1 unspecified atom stereocenters. The molecule has 1 aromatic carbocycles. The third-order valence-corrected chi connectivity index (χ3v) is 4.42. The standard InChI is InChI=1S/C16H16BrFN6O/c1-10-14(17)8-24(21-10)11(2)15(25)20-16-19-9-23(22-16)7-12-4-3-5-13(18)6-12/h3-6,8-9,11H,7H2,1-2H3,(H,20,22,25). The predicted octanol–water partition coefficient (Wildman–Crippen LogP) is 2.93. The van der Waals surface area contributed by atoms with Crippen molar-refractivity contribution in [2.45, 2.75) is 26.4 Å². The van der Waals surface area contributed by atoms with Gasteiger partial charge >= 0.3 is 0 Å². The summed E-state index contributed by atoms with van der Waals surface area (Å²) in [6, 6.07) is 5.73. The number of amides is 1. The molecule has 0 aliphatic carbocycles. The van der Waals surface area contributed by atoms with Gasteiger partial charge in [-0.2, -0.15) is 5.10 Å². The summed E-state index contributed by atoms with van der Waals surface area (Å²) in [4.78, 5) is 16.4. The zero-order chi connectivity index (χ0) is 18.0. The highest BCUT2D eigenvalue weighted by Crippen LogP contribution is 2.17. The molecule has 0 radical (unpaired) electrons. The molecule has 1 atom stereocenters. The number of nitrogens with one attached hydrogen (secondary N) is 1. The van der Waals surface area contributed by atoms with E-state index in [-0.39, 0.29) is 17.7 Å². The number of aryl methyl sites for hydroxylation is 1. The summed E-state index contributed by atoms with van der Waals surface area (Å²) in [5, 5.41) is 11.1. The van der Waals surface area contributed by atoms with Crippen molar-refractivity contribution in [1.82, 2.24) is 24.5 Å². The molecule has 0 fully saturated rings. The normalized spacial score (nSPS) is 12.2. The molecular weight excluding hydrogens is 391 g/mol. The van der Waals surface area contributed by atoms with E-state index in [1.807, 2.05) is 6.92 Å². The molecule has 2 heterocycles. The molecule has 130 valence electrons. The minimum absolute atomic E-state index is 0.191. The number of hydrogen-bond donors (Lipinski definition) is 1. The lowest BCUT2D eigenvalue weighted by Gasteiger charge is -2.10. The maximum atomic E-state index is 13.2. The van der Waals surface area contributed by atoms with Crippen molar-refractivity contribution in [3.8, 4) is 0 Å². The molecule has 0 aliphatic heterocycles. The summed E-state index contributed by atoms with van der Waals surface area (Å²) in [6.45, 7) is 3.94. The zero-order valence-electron chi connectivity index (χ0n) is 13.6. The summed E-state index contributed by atoms with van der Waals surface area (Å²) in [5.74, 6) is -0.393. The van der Waals surface area contributed by atoms with Gasteiger partial charge in [0.15, 0.2) is 0 Å². The van der Waals surface area contributed by atoms with Crippen molar-refractivity contribution in [2.75, 3.05) is 5.32 Å². The third kappa shape index (κ3) is 4.11. The summed E-state index contributed by atoms with van der Waals surface area (Å²) in [7, 11) is 0. The Morgan fingerprint density at radius 3 is 2.88 bits per heavy atom. The minimum atomic E-state index is -0.514. The fourth-order valence-electron chi connectivity index (χ4n) is 2.24. The molecule has 3 aromatic rings. The van der Waals surface area contributed by atoms with Gasteiger partial charge in [-0.05, 0) is 47.5 Å². The van der Waals surface area contributed by atoms with Gasteiger partial charge in [0.1, 0.15) is 18.2 Å². The van der Waals surface area contributed by atoms with E-state index in [2.05, 4.69) is 36.4 Å². The quantitative estimate of drug-likeness (QED) is 0.706. The Balaban J connectivity index is 1.65. The van der Waals surface area contributed by atoms with Crippen LogP contribution in [0.4, 0.5) is 10.3 Å².